The van der Waals surface area contributed by atoms with E-state index in [0.29, 0.717) is 43.7 Å². The molecule has 0 atom stereocenters. The van der Waals surface area contributed by atoms with Crippen LogP contribution in [0.4, 0.5) is 11.4 Å². The number of rotatable bonds is 4. The minimum Gasteiger partial charge on any atom is -0.349 e. The minimum absolute atomic E-state index is 0.0107. The fraction of sp³-hybridized carbons (Fsp3) is 0. The van der Waals surface area contributed by atoms with Crippen molar-refractivity contribution >= 4 is 46.9 Å². The number of thiol groups is 1. The van der Waals surface area contributed by atoms with Crippen LogP contribution in [0.2, 0.25) is 0 Å². The largest absolute Gasteiger partial charge is 0.349 e. The summed E-state index contributed by atoms with van der Waals surface area (Å²) in [5.41, 5.74) is 3.99. The average Bonchev–Trinajstić information content (AvgIpc) is 3.20. The van der Waals surface area contributed by atoms with Gasteiger partial charge in [0, 0.05) is 41.0 Å². The van der Waals surface area contributed by atoms with E-state index in [2.05, 4.69) is 22.6 Å². The van der Waals surface area contributed by atoms with Gasteiger partial charge in [0.1, 0.15) is 4.99 Å². The smallest absolute Gasteiger partial charge is 0.269 e. The molecule has 138 valence electrons. The van der Waals surface area contributed by atoms with Gasteiger partial charge in [-0.15, -0.1) is 12.6 Å². The molecule has 0 saturated heterocycles. The third-order valence-electron chi connectivity index (χ3n) is 4.36. The topological polar surface area (TPSA) is 114 Å². The van der Waals surface area contributed by atoms with E-state index in [1.165, 1.54) is 24.3 Å². The number of nitro groups is 2. The van der Waals surface area contributed by atoms with Crippen LogP contribution in [0.3, 0.4) is 0 Å². The summed E-state index contributed by atoms with van der Waals surface area (Å²) in [5.74, 6) is 0. The van der Waals surface area contributed by atoms with Crippen molar-refractivity contribution < 1.29 is 9.85 Å². The molecule has 0 amide bonds. The number of nitro benzene ring substituents is 2. The van der Waals surface area contributed by atoms with E-state index in [9.17, 15) is 20.2 Å². The molecule has 8 nitrogen and oxygen atoms in total. The summed E-state index contributed by atoms with van der Waals surface area (Å²) in [6.07, 6.45) is 0. The number of aromatic amines is 1. The lowest BCUT2D eigenvalue weighted by Crippen LogP contribution is -2.00. The van der Waals surface area contributed by atoms with Gasteiger partial charge in [-0.2, -0.15) is 0 Å². The lowest BCUT2D eigenvalue weighted by atomic mass is 10.0. The highest BCUT2D eigenvalue weighted by atomic mass is 32.1. The molecule has 0 bridgehead atoms. The van der Waals surface area contributed by atoms with Crippen molar-refractivity contribution in [2.75, 3.05) is 0 Å². The molecule has 1 aromatic heterocycles. The molecular formula is C18H10N4O4S2. The normalized spacial score (nSPS) is 12.6. The molecule has 1 N–H and O–H groups in total. The first-order chi connectivity index (χ1) is 13.4. The number of fused-ring (bicyclic) bond motifs is 1. The molecule has 0 unspecified atom stereocenters. The van der Waals surface area contributed by atoms with Crippen molar-refractivity contribution in [1.82, 2.24) is 4.98 Å². The summed E-state index contributed by atoms with van der Waals surface area (Å²) < 4.78 is 0. The van der Waals surface area contributed by atoms with Crippen LogP contribution in [0.15, 0.2) is 58.5 Å². The van der Waals surface area contributed by atoms with Crippen molar-refractivity contribution in [3.05, 3.63) is 85.4 Å². The summed E-state index contributed by atoms with van der Waals surface area (Å²) in [7, 11) is 0. The Morgan fingerprint density at radius 3 is 1.86 bits per heavy atom. The number of aliphatic imine (C=N–C) groups is 1. The van der Waals surface area contributed by atoms with E-state index < -0.39 is 9.85 Å². The predicted molar refractivity (Wildman–Crippen MR) is 111 cm³/mol. The second-order valence-electron chi connectivity index (χ2n) is 5.97. The molecule has 0 saturated carbocycles. The number of hydrogen-bond acceptors (Lipinski definition) is 6. The molecule has 0 radical (unpaired) electrons. The molecule has 0 spiro atoms. The minimum atomic E-state index is -0.469. The summed E-state index contributed by atoms with van der Waals surface area (Å²) in [5, 5.41) is 22.3. The van der Waals surface area contributed by atoms with Crippen LogP contribution in [0.1, 0.15) is 16.7 Å². The molecule has 1 aliphatic rings. The van der Waals surface area contributed by atoms with Gasteiger partial charge in [0.2, 0.25) is 0 Å². The van der Waals surface area contributed by atoms with Gasteiger partial charge in [0.25, 0.3) is 11.4 Å². The van der Waals surface area contributed by atoms with Crippen LogP contribution in [0, 0.1) is 20.2 Å². The summed E-state index contributed by atoms with van der Waals surface area (Å²) in [4.78, 5) is 28.8. The zero-order chi connectivity index (χ0) is 20.0. The Balaban J connectivity index is 1.78. The first-order valence-corrected chi connectivity index (χ1v) is 8.80. The van der Waals surface area contributed by atoms with E-state index in [4.69, 9.17) is 12.2 Å². The average molecular weight is 410 g/mol. The monoisotopic (exact) mass is 410 g/mol. The number of thiocarbonyl (C=S) groups is 1. The van der Waals surface area contributed by atoms with Crippen molar-refractivity contribution in [3.8, 4) is 11.3 Å². The maximum absolute atomic E-state index is 10.9. The Kier molecular flexibility index (Phi) is 4.28. The first-order valence-electron chi connectivity index (χ1n) is 7.95. The van der Waals surface area contributed by atoms with Crippen LogP contribution in [0.25, 0.3) is 11.3 Å². The quantitative estimate of drug-likeness (QED) is 0.288. The molecule has 10 heteroatoms. The van der Waals surface area contributed by atoms with Crippen molar-refractivity contribution in [1.29, 1.82) is 0 Å². The van der Waals surface area contributed by atoms with Crippen molar-refractivity contribution in [2.45, 2.75) is 5.03 Å². The number of nitrogens with one attached hydrogen (secondary N) is 1. The highest BCUT2D eigenvalue weighted by molar-refractivity contribution is 7.81. The molecule has 0 aliphatic carbocycles. The fourth-order valence-corrected chi connectivity index (χ4v) is 3.69. The summed E-state index contributed by atoms with van der Waals surface area (Å²) in [6.45, 7) is 0. The Hall–Kier alpha value is -3.37. The van der Waals surface area contributed by atoms with E-state index in [1.54, 1.807) is 24.3 Å². The Bertz CT molecular complexity index is 1180. The lowest BCUT2D eigenvalue weighted by Gasteiger charge is -2.01. The van der Waals surface area contributed by atoms with Crippen molar-refractivity contribution in [2.24, 2.45) is 4.99 Å². The second kappa shape index (κ2) is 6.66. The van der Waals surface area contributed by atoms with E-state index in [-0.39, 0.29) is 11.4 Å². The van der Waals surface area contributed by atoms with Gasteiger partial charge < -0.3 is 4.98 Å². The van der Waals surface area contributed by atoms with Crippen LogP contribution >= 0.6 is 24.8 Å². The summed E-state index contributed by atoms with van der Waals surface area (Å²) in [6, 6.07) is 12.1. The van der Waals surface area contributed by atoms with Crippen molar-refractivity contribution in [3.63, 3.8) is 0 Å². The van der Waals surface area contributed by atoms with Gasteiger partial charge in [-0.25, -0.2) is 4.99 Å². The van der Waals surface area contributed by atoms with Gasteiger partial charge in [0.05, 0.1) is 26.3 Å². The zero-order valence-electron chi connectivity index (χ0n) is 13.9. The standard InChI is InChI=1S/C18H10N4O4S2/c23-21(24)11-5-1-9(2-6-11)15-13-14(18(28)19-15)16(20-17(13)27)10-3-7-12(8-4-10)22(25)26/h1-8,19,28H. The molecule has 2 heterocycles. The lowest BCUT2D eigenvalue weighted by molar-refractivity contribution is -0.385. The van der Waals surface area contributed by atoms with Gasteiger partial charge in [0.15, 0.2) is 0 Å². The van der Waals surface area contributed by atoms with Crippen LogP contribution in [0.5, 0.6) is 0 Å². The number of non-ortho nitro benzene ring substituents is 2. The second-order valence-corrected chi connectivity index (χ2v) is 6.81. The summed E-state index contributed by atoms with van der Waals surface area (Å²) >= 11 is 9.93. The highest BCUT2D eigenvalue weighted by Gasteiger charge is 2.30. The van der Waals surface area contributed by atoms with E-state index in [1.807, 2.05) is 0 Å². The predicted octanol–water partition coefficient (Wildman–Crippen LogP) is 4.31. The first kappa shape index (κ1) is 18.0. The Morgan fingerprint density at radius 1 is 0.857 bits per heavy atom. The number of hydrogen-bond donors (Lipinski definition) is 2. The van der Waals surface area contributed by atoms with E-state index >= 15 is 0 Å². The highest BCUT2D eigenvalue weighted by Crippen LogP contribution is 2.37. The van der Waals surface area contributed by atoms with Gasteiger partial charge in [-0.05, 0) is 29.8 Å². The maximum atomic E-state index is 10.9. The SMILES string of the molecule is O=[N+]([O-])c1ccc(C2=NC(=S)c3c(-c4ccc([N+](=O)[O-])cc4)[nH]c(S)c32)cc1. The zero-order valence-corrected chi connectivity index (χ0v) is 15.7. The number of aromatic nitrogens is 1. The fourth-order valence-electron chi connectivity index (χ4n) is 3.06. The van der Waals surface area contributed by atoms with E-state index in [0.717, 1.165) is 0 Å². The van der Waals surface area contributed by atoms with Gasteiger partial charge in [-0.3, -0.25) is 20.2 Å². The van der Waals surface area contributed by atoms with Crippen LogP contribution in [-0.2, 0) is 0 Å². The Morgan fingerprint density at radius 2 is 1.36 bits per heavy atom. The molecule has 3 aromatic rings. The number of benzene rings is 2. The van der Waals surface area contributed by atoms with Gasteiger partial charge >= 0.3 is 0 Å². The Labute approximate surface area is 168 Å². The number of nitrogens with zero attached hydrogens (tertiary/aromatic N) is 3. The molecule has 28 heavy (non-hydrogen) atoms. The third kappa shape index (κ3) is 2.88. The molecule has 4 rings (SSSR count). The number of H-pyrrole nitrogens is 1. The molecular weight excluding hydrogens is 400 g/mol. The van der Waals surface area contributed by atoms with Gasteiger partial charge in [-0.1, -0.05) is 12.2 Å². The third-order valence-corrected chi connectivity index (χ3v) is 4.99. The van der Waals surface area contributed by atoms with Crippen LogP contribution in [-0.4, -0.2) is 25.5 Å². The molecule has 1 aliphatic heterocycles. The van der Waals surface area contributed by atoms with Crippen LogP contribution < -0.4 is 0 Å². The molecule has 0 fully saturated rings. The molecule has 2 aromatic carbocycles. The maximum Gasteiger partial charge on any atom is 0.269 e.